The highest BCUT2D eigenvalue weighted by molar-refractivity contribution is 5.94. The van der Waals surface area contributed by atoms with E-state index in [9.17, 15) is 28.5 Å². The van der Waals surface area contributed by atoms with Gasteiger partial charge in [0.05, 0.1) is 16.5 Å². The number of oxazole rings is 1. The van der Waals surface area contributed by atoms with Crippen LogP contribution in [0.4, 0.5) is 20.2 Å². The number of ether oxygens (including phenoxy) is 1. The van der Waals surface area contributed by atoms with Gasteiger partial charge in [-0.3, -0.25) is 19.5 Å². The van der Waals surface area contributed by atoms with Crippen molar-refractivity contribution >= 4 is 28.4 Å². The van der Waals surface area contributed by atoms with E-state index in [1.54, 1.807) is 11.0 Å². The van der Waals surface area contributed by atoms with Gasteiger partial charge < -0.3 is 14.1 Å². The molecule has 4 rings (SSSR count). The number of hydrogen-bond acceptors (Lipinski definition) is 6. The Labute approximate surface area is 179 Å². The standard InChI is InChI=1S/C21H19F2N3O6/c22-20(23)31-15-6-8-16-13(11-15)3-1-9-24(16)19(27)4-2-10-25-17-7-5-14(26(29)30)12-18(17)32-21(25)28/h5-8,11-12,20H,1-4,9-10H2. The average Bonchev–Trinajstić information content (AvgIpc) is 3.07. The van der Waals surface area contributed by atoms with Gasteiger partial charge in [0.25, 0.3) is 5.69 Å². The van der Waals surface area contributed by atoms with Crippen molar-refractivity contribution < 1.29 is 27.7 Å². The molecule has 0 atom stereocenters. The molecular formula is C21H19F2N3O6. The topological polar surface area (TPSA) is 108 Å². The van der Waals surface area contributed by atoms with Crippen LogP contribution in [0, 0.1) is 10.1 Å². The van der Waals surface area contributed by atoms with E-state index in [0.29, 0.717) is 37.0 Å². The van der Waals surface area contributed by atoms with Crippen LogP contribution in [0.1, 0.15) is 24.8 Å². The molecule has 0 spiro atoms. The number of alkyl halides is 2. The molecule has 0 saturated carbocycles. The van der Waals surface area contributed by atoms with Crippen LogP contribution in [0.5, 0.6) is 5.75 Å². The van der Waals surface area contributed by atoms with Crippen LogP contribution in [0.3, 0.4) is 0 Å². The molecule has 168 valence electrons. The number of non-ortho nitro benzene ring substituents is 1. The van der Waals surface area contributed by atoms with Crippen LogP contribution in [0.25, 0.3) is 11.1 Å². The molecule has 0 saturated heterocycles. The van der Waals surface area contributed by atoms with Crippen molar-refractivity contribution in [1.29, 1.82) is 0 Å². The summed E-state index contributed by atoms with van der Waals surface area (Å²) >= 11 is 0. The molecule has 9 nitrogen and oxygen atoms in total. The Kier molecular flexibility index (Phi) is 5.89. The predicted molar refractivity (Wildman–Crippen MR) is 110 cm³/mol. The molecule has 0 bridgehead atoms. The van der Waals surface area contributed by atoms with E-state index >= 15 is 0 Å². The summed E-state index contributed by atoms with van der Waals surface area (Å²) < 4.78 is 35.8. The number of fused-ring (bicyclic) bond motifs is 2. The zero-order valence-corrected chi connectivity index (χ0v) is 16.8. The fourth-order valence-corrected chi connectivity index (χ4v) is 3.91. The normalized spacial score (nSPS) is 13.4. The molecular weight excluding hydrogens is 428 g/mol. The third-order valence-corrected chi connectivity index (χ3v) is 5.33. The number of benzene rings is 2. The Morgan fingerprint density at radius 2 is 2.06 bits per heavy atom. The van der Waals surface area contributed by atoms with Crippen molar-refractivity contribution in [1.82, 2.24) is 4.57 Å². The Balaban J connectivity index is 1.44. The van der Waals surface area contributed by atoms with E-state index in [0.717, 1.165) is 5.56 Å². The number of nitrogens with zero attached hydrogens (tertiary/aromatic N) is 3. The first kappa shape index (κ1) is 21.5. The third-order valence-electron chi connectivity index (χ3n) is 5.33. The maximum atomic E-state index is 12.8. The molecule has 0 fully saturated rings. The highest BCUT2D eigenvalue weighted by atomic mass is 19.3. The third kappa shape index (κ3) is 4.32. The van der Waals surface area contributed by atoms with Gasteiger partial charge in [-0.05, 0) is 49.1 Å². The van der Waals surface area contributed by atoms with Gasteiger partial charge in [0.1, 0.15) is 5.75 Å². The first-order valence-corrected chi connectivity index (χ1v) is 9.99. The van der Waals surface area contributed by atoms with Gasteiger partial charge >= 0.3 is 12.4 Å². The smallest absolute Gasteiger partial charge is 0.419 e. The fourth-order valence-electron chi connectivity index (χ4n) is 3.91. The van der Waals surface area contributed by atoms with Crippen LogP contribution in [-0.2, 0) is 17.8 Å². The minimum absolute atomic E-state index is 0.0551. The molecule has 1 amide bonds. The van der Waals surface area contributed by atoms with Crippen LogP contribution in [-0.4, -0.2) is 28.6 Å². The first-order valence-electron chi connectivity index (χ1n) is 9.99. The summed E-state index contributed by atoms with van der Waals surface area (Å²) in [5.74, 6) is -0.743. The van der Waals surface area contributed by atoms with E-state index in [4.69, 9.17) is 4.42 Å². The minimum Gasteiger partial charge on any atom is -0.435 e. The van der Waals surface area contributed by atoms with Crippen molar-refractivity contribution in [3.05, 3.63) is 62.6 Å². The van der Waals surface area contributed by atoms with Gasteiger partial charge in [-0.25, -0.2) is 4.79 Å². The number of halogens is 2. The summed E-state index contributed by atoms with van der Waals surface area (Å²) in [6.45, 7) is -2.20. The van der Waals surface area contributed by atoms with Crippen LogP contribution < -0.4 is 15.4 Å². The van der Waals surface area contributed by atoms with Gasteiger partial charge in [-0.2, -0.15) is 8.78 Å². The number of carbonyl (C=O) groups excluding carboxylic acids is 1. The molecule has 1 aliphatic heterocycles. The molecule has 0 N–H and O–H groups in total. The average molecular weight is 447 g/mol. The largest absolute Gasteiger partial charge is 0.435 e. The summed E-state index contributed by atoms with van der Waals surface area (Å²) in [7, 11) is 0. The number of aromatic nitrogens is 1. The van der Waals surface area contributed by atoms with Crippen molar-refractivity contribution in [2.24, 2.45) is 0 Å². The Bertz CT molecular complexity index is 1240. The fraction of sp³-hybridized carbons (Fsp3) is 0.333. The van der Waals surface area contributed by atoms with Gasteiger partial charge in [0.15, 0.2) is 5.58 Å². The summed E-state index contributed by atoms with van der Waals surface area (Å²) in [5, 5.41) is 10.9. The summed E-state index contributed by atoms with van der Waals surface area (Å²) in [4.78, 5) is 36.9. The van der Waals surface area contributed by atoms with Crippen molar-refractivity contribution in [3.8, 4) is 5.75 Å². The number of amides is 1. The number of rotatable bonds is 7. The summed E-state index contributed by atoms with van der Waals surface area (Å²) in [5.41, 5.74) is 1.78. The Hall–Kier alpha value is -3.76. The molecule has 1 aromatic heterocycles. The number of anilines is 1. The summed E-state index contributed by atoms with van der Waals surface area (Å²) in [6, 6.07) is 8.46. The molecule has 2 aromatic carbocycles. The molecule has 0 aliphatic carbocycles. The molecule has 2 heterocycles. The number of carbonyl (C=O) groups is 1. The second-order valence-electron chi connectivity index (χ2n) is 7.35. The number of aryl methyl sites for hydroxylation is 2. The molecule has 0 unspecified atom stereocenters. The zero-order chi connectivity index (χ0) is 22.8. The maximum Gasteiger partial charge on any atom is 0.419 e. The van der Waals surface area contributed by atoms with Gasteiger partial charge in [-0.15, -0.1) is 0 Å². The van der Waals surface area contributed by atoms with Crippen LogP contribution in [0.2, 0.25) is 0 Å². The zero-order valence-electron chi connectivity index (χ0n) is 16.8. The highest BCUT2D eigenvalue weighted by Crippen LogP contribution is 2.31. The monoisotopic (exact) mass is 447 g/mol. The van der Waals surface area contributed by atoms with Gasteiger partial charge in [0, 0.05) is 31.3 Å². The van der Waals surface area contributed by atoms with Crippen molar-refractivity contribution in [3.63, 3.8) is 0 Å². The SMILES string of the molecule is O=C(CCCn1c(=O)oc2cc([N+](=O)[O-])ccc21)N1CCCc2cc(OC(F)F)ccc21. The van der Waals surface area contributed by atoms with E-state index in [2.05, 4.69) is 4.74 Å². The molecule has 3 aromatic rings. The summed E-state index contributed by atoms with van der Waals surface area (Å²) in [6.07, 6.45) is 1.85. The predicted octanol–water partition coefficient (Wildman–Crippen LogP) is 3.86. The van der Waals surface area contributed by atoms with E-state index < -0.39 is 17.3 Å². The molecule has 1 aliphatic rings. The molecule has 0 radical (unpaired) electrons. The quantitative estimate of drug-likeness (QED) is 0.402. The lowest BCUT2D eigenvalue weighted by atomic mass is 10.0. The second-order valence-corrected chi connectivity index (χ2v) is 7.35. The van der Waals surface area contributed by atoms with E-state index in [1.807, 2.05) is 0 Å². The maximum absolute atomic E-state index is 12.8. The first-order chi connectivity index (χ1) is 15.3. The Morgan fingerprint density at radius 1 is 1.25 bits per heavy atom. The van der Waals surface area contributed by atoms with Crippen LogP contribution >= 0.6 is 0 Å². The minimum atomic E-state index is -2.91. The number of hydrogen-bond donors (Lipinski definition) is 0. The van der Waals surface area contributed by atoms with Crippen molar-refractivity contribution in [2.45, 2.75) is 38.8 Å². The molecule has 32 heavy (non-hydrogen) atoms. The van der Waals surface area contributed by atoms with E-state index in [1.165, 1.54) is 34.9 Å². The Morgan fingerprint density at radius 3 is 2.81 bits per heavy atom. The lowest BCUT2D eigenvalue weighted by molar-refractivity contribution is -0.384. The van der Waals surface area contributed by atoms with Crippen LogP contribution in [0.15, 0.2) is 45.6 Å². The molecule has 11 heteroatoms. The highest BCUT2D eigenvalue weighted by Gasteiger charge is 2.23. The lowest BCUT2D eigenvalue weighted by Gasteiger charge is -2.30. The number of nitro groups is 1. The second kappa shape index (κ2) is 8.77. The van der Waals surface area contributed by atoms with Gasteiger partial charge in [-0.1, -0.05) is 0 Å². The lowest BCUT2D eigenvalue weighted by Crippen LogP contribution is -2.35. The van der Waals surface area contributed by atoms with Crippen molar-refractivity contribution in [2.75, 3.05) is 11.4 Å². The van der Waals surface area contributed by atoms with Gasteiger partial charge in [0.2, 0.25) is 5.91 Å². The number of nitro benzene ring substituents is 1. The van der Waals surface area contributed by atoms with E-state index in [-0.39, 0.29) is 35.9 Å².